The Hall–Kier alpha value is -1.93. The molecule has 1 amide bonds. The summed E-state index contributed by atoms with van der Waals surface area (Å²) in [6, 6.07) is 2.70. The summed E-state index contributed by atoms with van der Waals surface area (Å²) in [5.41, 5.74) is 0. The molecule has 0 bridgehead atoms. The number of ether oxygens (including phenoxy) is 1. The number of likely N-dealkylation sites (N-methyl/N-ethyl adjacent to an activating group) is 1. The number of rotatable bonds is 5. The van der Waals surface area contributed by atoms with Gasteiger partial charge in [0.05, 0.1) is 19.3 Å². The maximum absolute atomic E-state index is 11.9. The molecule has 1 aliphatic carbocycles. The molecule has 3 fully saturated rings. The van der Waals surface area contributed by atoms with Crippen LogP contribution < -0.4 is 10.2 Å². The minimum Gasteiger partial charge on any atom is -0.374 e. The first-order valence-corrected chi connectivity index (χ1v) is 9.09. The first-order valence-electron chi connectivity index (χ1n) is 9.09. The molecule has 0 aromatic carbocycles. The number of nitrogens with zero attached hydrogens (tertiary/aromatic N) is 5. The molecule has 136 valence electrons. The SMILES string of the molecule is CN1CCN(c2cc(NC[C@H]3CN(C4CC4)CCO3)ncn2)CC1=O. The molecular weight excluding hydrogens is 320 g/mol. The topological polar surface area (TPSA) is 73.8 Å². The standard InChI is InChI=1S/C17H26N6O2/c1-21-4-5-23(11-17(21)24)16-8-15(19-12-20-16)18-9-14-10-22(6-7-25-14)13-2-3-13/h8,12-14H,2-7,9-11H2,1H3,(H,18,19,20)/t14-/m0/s1. The van der Waals surface area contributed by atoms with Crippen molar-refractivity contribution in [1.29, 1.82) is 0 Å². The molecule has 1 atom stereocenters. The second-order valence-electron chi connectivity index (χ2n) is 7.10. The number of morpholine rings is 1. The number of aromatic nitrogens is 2. The van der Waals surface area contributed by atoms with E-state index in [2.05, 4.69) is 20.2 Å². The summed E-state index contributed by atoms with van der Waals surface area (Å²) < 4.78 is 5.87. The zero-order valence-electron chi connectivity index (χ0n) is 14.7. The summed E-state index contributed by atoms with van der Waals surface area (Å²) >= 11 is 0. The van der Waals surface area contributed by atoms with Crippen LogP contribution in [0.1, 0.15) is 12.8 Å². The molecule has 2 aliphatic heterocycles. The van der Waals surface area contributed by atoms with Gasteiger partial charge in [-0.05, 0) is 12.8 Å². The molecule has 2 saturated heterocycles. The van der Waals surface area contributed by atoms with Crippen LogP contribution in [0, 0.1) is 0 Å². The van der Waals surface area contributed by atoms with Crippen molar-refractivity contribution in [2.45, 2.75) is 25.0 Å². The van der Waals surface area contributed by atoms with Crippen molar-refractivity contribution < 1.29 is 9.53 Å². The van der Waals surface area contributed by atoms with Crippen LogP contribution in [0.2, 0.25) is 0 Å². The third kappa shape index (κ3) is 4.01. The van der Waals surface area contributed by atoms with Crippen molar-refractivity contribution in [2.75, 3.05) is 63.1 Å². The van der Waals surface area contributed by atoms with Gasteiger partial charge < -0.3 is 19.9 Å². The molecule has 3 aliphatic rings. The van der Waals surface area contributed by atoms with E-state index in [0.717, 1.165) is 57.0 Å². The van der Waals surface area contributed by atoms with E-state index in [9.17, 15) is 4.79 Å². The average Bonchev–Trinajstić information content (AvgIpc) is 3.48. The van der Waals surface area contributed by atoms with Crippen molar-refractivity contribution >= 4 is 17.5 Å². The highest BCUT2D eigenvalue weighted by molar-refractivity contribution is 5.82. The van der Waals surface area contributed by atoms with E-state index >= 15 is 0 Å². The van der Waals surface area contributed by atoms with Gasteiger partial charge in [-0.3, -0.25) is 9.69 Å². The lowest BCUT2D eigenvalue weighted by atomic mass is 10.2. The van der Waals surface area contributed by atoms with Crippen LogP contribution in [-0.2, 0) is 9.53 Å². The van der Waals surface area contributed by atoms with Gasteiger partial charge in [0.25, 0.3) is 0 Å². The van der Waals surface area contributed by atoms with Gasteiger partial charge in [0.1, 0.15) is 18.0 Å². The highest BCUT2D eigenvalue weighted by atomic mass is 16.5. The molecule has 1 saturated carbocycles. The fraction of sp³-hybridized carbons (Fsp3) is 0.706. The lowest BCUT2D eigenvalue weighted by Gasteiger charge is -2.33. The number of hydrogen-bond donors (Lipinski definition) is 1. The Morgan fingerprint density at radius 3 is 2.96 bits per heavy atom. The zero-order chi connectivity index (χ0) is 17.2. The van der Waals surface area contributed by atoms with Gasteiger partial charge in [-0.15, -0.1) is 0 Å². The molecule has 4 rings (SSSR count). The van der Waals surface area contributed by atoms with E-state index in [1.54, 1.807) is 11.2 Å². The third-order valence-corrected chi connectivity index (χ3v) is 5.18. The molecule has 25 heavy (non-hydrogen) atoms. The number of piperazine rings is 1. The molecule has 3 heterocycles. The van der Waals surface area contributed by atoms with Crippen LogP contribution in [-0.4, -0.2) is 90.7 Å². The van der Waals surface area contributed by atoms with Crippen molar-refractivity contribution in [3.63, 3.8) is 0 Å². The molecule has 1 aromatic rings. The quantitative estimate of drug-likeness (QED) is 0.806. The highest BCUT2D eigenvalue weighted by Gasteiger charge is 2.32. The number of amides is 1. The summed E-state index contributed by atoms with van der Waals surface area (Å²) in [5, 5.41) is 3.37. The van der Waals surface area contributed by atoms with Crippen LogP contribution in [0.3, 0.4) is 0 Å². The molecule has 0 unspecified atom stereocenters. The maximum atomic E-state index is 11.9. The fourth-order valence-corrected chi connectivity index (χ4v) is 3.43. The van der Waals surface area contributed by atoms with Crippen molar-refractivity contribution in [3.05, 3.63) is 12.4 Å². The first kappa shape index (κ1) is 16.5. The second-order valence-corrected chi connectivity index (χ2v) is 7.10. The molecule has 0 radical (unpaired) electrons. The Labute approximate surface area is 148 Å². The van der Waals surface area contributed by atoms with Gasteiger partial charge in [0, 0.05) is 51.9 Å². The summed E-state index contributed by atoms with van der Waals surface area (Å²) in [5.74, 6) is 1.70. The molecule has 0 spiro atoms. The maximum Gasteiger partial charge on any atom is 0.241 e. The van der Waals surface area contributed by atoms with Crippen LogP contribution in [0.4, 0.5) is 11.6 Å². The summed E-state index contributed by atoms with van der Waals surface area (Å²) in [7, 11) is 1.84. The molecular formula is C17H26N6O2. The molecule has 8 heteroatoms. The average molecular weight is 346 g/mol. The lowest BCUT2D eigenvalue weighted by Crippen LogP contribution is -2.48. The Morgan fingerprint density at radius 2 is 2.16 bits per heavy atom. The Kier molecular flexibility index (Phi) is 4.72. The Balaban J connectivity index is 1.33. The lowest BCUT2D eigenvalue weighted by molar-refractivity contribution is -0.129. The Bertz CT molecular complexity index is 623. The van der Waals surface area contributed by atoms with Crippen LogP contribution in [0.15, 0.2) is 12.4 Å². The molecule has 1 N–H and O–H groups in total. The highest BCUT2D eigenvalue weighted by Crippen LogP contribution is 2.28. The first-order chi connectivity index (χ1) is 12.2. The van der Waals surface area contributed by atoms with E-state index in [1.165, 1.54) is 12.8 Å². The van der Waals surface area contributed by atoms with Crippen molar-refractivity contribution in [3.8, 4) is 0 Å². The third-order valence-electron chi connectivity index (χ3n) is 5.18. The van der Waals surface area contributed by atoms with E-state index in [-0.39, 0.29) is 12.0 Å². The largest absolute Gasteiger partial charge is 0.374 e. The second kappa shape index (κ2) is 7.13. The van der Waals surface area contributed by atoms with E-state index in [0.29, 0.717) is 6.54 Å². The van der Waals surface area contributed by atoms with Gasteiger partial charge in [-0.25, -0.2) is 9.97 Å². The summed E-state index contributed by atoms with van der Waals surface area (Å²) in [6.07, 6.45) is 4.41. The van der Waals surface area contributed by atoms with Gasteiger partial charge in [0.2, 0.25) is 5.91 Å². The minimum atomic E-state index is 0.121. The van der Waals surface area contributed by atoms with E-state index in [4.69, 9.17) is 4.74 Å². The van der Waals surface area contributed by atoms with Crippen LogP contribution in [0.25, 0.3) is 0 Å². The van der Waals surface area contributed by atoms with Crippen LogP contribution in [0.5, 0.6) is 0 Å². The van der Waals surface area contributed by atoms with Gasteiger partial charge in [-0.2, -0.15) is 0 Å². The number of hydrogen-bond acceptors (Lipinski definition) is 7. The van der Waals surface area contributed by atoms with Gasteiger partial charge in [0.15, 0.2) is 0 Å². The van der Waals surface area contributed by atoms with Crippen molar-refractivity contribution in [2.24, 2.45) is 0 Å². The van der Waals surface area contributed by atoms with Crippen LogP contribution >= 0.6 is 0 Å². The minimum absolute atomic E-state index is 0.121. The van der Waals surface area contributed by atoms with E-state index < -0.39 is 0 Å². The van der Waals surface area contributed by atoms with Gasteiger partial charge in [-0.1, -0.05) is 0 Å². The summed E-state index contributed by atoms with van der Waals surface area (Å²) in [6.45, 7) is 5.47. The summed E-state index contributed by atoms with van der Waals surface area (Å²) in [4.78, 5) is 26.8. The monoisotopic (exact) mass is 346 g/mol. The fourth-order valence-electron chi connectivity index (χ4n) is 3.43. The molecule has 8 nitrogen and oxygen atoms in total. The van der Waals surface area contributed by atoms with E-state index in [1.807, 2.05) is 18.0 Å². The number of anilines is 2. The number of nitrogens with one attached hydrogen (secondary N) is 1. The number of carbonyl (C=O) groups excluding carboxylic acids is 1. The molecule has 1 aromatic heterocycles. The number of carbonyl (C=O) groups is 1. The predicted molar refractivity (Wildman–Crippen MR) is 94.7 cm³/mol. The smallest absolute Gasteiger partial charge is 0.241 e. The predicted octanol–water partition coefficient (Wildman–Crippen LogP) is 0.0301. The van der Waals surface area contributed by atoms with Crippen molar-refractivity contribution in [1.82, 2.24) is 19.8 Å². The van der Waals surface area contributed by atoms with Gasteiger partial charge >= 0.3 is 0 Å². The Morgan fingerprint density at radius 1 is 1.28 bits per heavy atom. The normalized spacial score (nSPS) is 25.3. The zero-order valence-corrected chi connectivity index (χ0v) is 14.7.